The van der Waals surface area contributed by atoms with E-state index in [-0.39, 0.29) is 32.0 Å². The van der Waals surface area contributed by atoms with Gasteiger partial charge in [-0.3, -0.25) is 0 Å². The SMILES string of the molecule is OCC1CO[B-]2(O1)OC(CO)C[OH+]2. The summed E-state index contributed by atoms with van der Waals surface area (Å²) in [5, 5.41) is 17.6. The third-order valence-electron chi connectivity index (χ3n) is 2.16. The van der Waals surface area contributed by atoms with E-state index >= 15 is 0 Å². The summed E-state index contributed by atoms with van der Waals surface area (Å²) in [6.07, 6.45) is -0.696. The maximum atomic E-state index is 8.80. The van der Waals surface area contributed by atoms with Crippen LogP contribution in [0.15, 0.2) is 0 Å². The molecule has 2 heterocycles. The summed E-state index contributed by atoms with van der Waals surface area (Å²) in [4.78, 5) is 0. The Morgan fingerprint density at radius 3 is 2.46 bits per heavy atom. The van der Waals surface area contributed by atoms with Crippen LogP contribution in [0.3, 0.4) is 0 Å². The summed E-state index contributed by atoms with van der Waals surface area (Å²) in [5.74, 6) is 0. The predicted molar refractivity (Wildman–Crippen MR) is 42.7 cm³/mol. The number of hydrogen-bond donors (Lipinski definition) is 2. The highest BCUT2D eigenvalue weighted by molar-refractivity contribution is 6.53. The van der Waals surface area contributed by atoms with Crippen LogP contribution >= 0.6 is 0 Å². The van der Waals surface area contributed by atoms with Gasteiger partial charge in [-0.1, -0.05) is 0 Å². The Hall–Kier alpha value is -0.175. The highest BCUT2D eigenvalue weighted by Crippen LogP contribution is 2.25. The molecular formula is C6H13BO6. The smallest absolute Gasteiger partial charge is 0.603 e. The molecule has 0 bridgehead atoms. The Morgan fingerprint density at radius 1 is 1.23 bits per heavy atom. The second-order valence-electron chi connectivity index (χ2n) is 3.18. The molecule has 3 N–H and O–H groups in total. The van der Waals surface area contributed by atoms with Gasteiger partial charge in [0.15, 0.2) is 0 Å². The molecule has 0 aromatic heterocycles. The van der Waals surface area contributed by atoms with Gasteiger partial charge in [0.2, 0.25) is 0 Å². The fourth-order valence-corrected chi connectivity index (χ4v) is 1.49. The van der Waals surface area contributed by atoms with E-state index in [4.69, 9.17) is 24.2 Å². The van der Waals surface area contributed by atoms with E-state index in [1.165, 1.54) is 0 Å². The summed E-state index contributed by atoms with van der Waals surface area (Å²) >= 11 is 0. The zero-order valence-corrected chi connectivity index (χ0v) is 7.13. The molecule has 2 saturated heterocycles. The average molecular weight is 192 g/mol. The number of hydrogen-bond acceptors (Lipinski definition) is 5. The van der Waals surface area contributed by atoms with Gasteiger partial charge >= 0.3 is 6.96 Å². The normalized spacial score (nSPS) is 44.8. The molecule has 0 saturated carbocycles. The molecule has 2 aliphatic heterocycles. The van der Waals surface area contributed by atoms with Crippen LogP contribution in [-0.2, 0) is 14.0 Å². The van der Waals surface area contributed by atoms with Crippen LogP contribution in [0.5, 0.6) is 0 Å². The van der Waals surface area contributed by atoms with Gasteiger partial charge in [-0.15, -0.1) is 0 Å². The van der Waals surface area contributed by atoms with Crippen molar-refractivity contribution in [3.63, 3.8) is 0 Å². The van der Waals surface area contributed by atoms with Crippen LogP contribution in [0.4, 0.5) is 0 Å². The van der Waals surface area contributed by atoms with E-state index in [9.17, 15) is 0 Å². The molecule has 3 unspecified atom stereocenters. The van der Waals surface area contributed by atoms with Gasteiger partial charge in [0.1, 0.15) is 12.7 Å². The van der Waals surface area contributed by atoms with E-state index in [1.807, 2.05) is 0 Å². The van der Waals surface area contributed by atoms with Crippen LogP contribution in [-0.4, -0.2) is 60.5 Å². The zero-order valence-electron chi connectivity index (χ0n) is 7.13. The molecule has 7 heteroatoms. The molecule has 6 nitrogen and oxygen atoms in total. The van der Waals surface area contributed by atoms with Crippen molar-refractivity contribution in [2.45, 2.75) is 12.2 Å². The van der Waals surface area contributed by atoms with Crippen molar-refractivity contribution < 1.29 is 28.8 Å². The number of rotatable bonds is 2. The van der Waals surface area contributed by atoms with Gasteiger partial charge in [0, 0.05) is 6.61 Å². The first-order valence-electron chi connectivity index (χ1n) is 4.31. The minimum atomic E-state index is -2.02. The minimum Gasteiger partial charge on any atom is -0.603 e. The van der Waals surface area contributed by atoms with Gasteiger partial charge in [-0.25, -0.2) is 0 Å². The van der Waals surface area contributed by atoms with Crippen LogP contribution in [0.2, 0.25) is 0 Å². The summed E-state index contributed by atoms with van der Waals surface area (Å²) in [7, 11) is 0. The fourth-order valence-electron chi connectivity index (χ4n) is 1.49. The Morgan fingerprint density at radius 2 is 1.92 bits per heavy atom. The van der Waals surface area contributed by atoms with E-state index in [1.54, 1.807) is 0 Å². The summed E-state index contributed by atoms with van der Waals surface area (Å²) in [6.45, 7) is -1.55. The summed E-state index contributed by atoms with van der Waals surface area (Å²) in [6, 6.07) is 0. The van der Waals surface area contributed by atoms with Crippen LogP contribution in [0, 0.1) is 0 Å². The Kier molecular flexibility index (Phi) is 2.54. The molecule has 0 aliphatic carbocycles. The summed E-state index contributed by atoms with van der Waals surface area (Å²) in [5.41, 5.74) is 0. The fraction of sp³-hybridized carbons (Fsp3) is 1.00. The van der Waals surface area contributed by atoms with Gasteiger partial charge < -0.3 is 28.8 Å². The first-order valence-corrected chi connectivity index (χ1v) is 4.31. The van der Waals surface area contributed by atoms with Gasteiger partial charge in [-0.05, 0) is 0 Å². The van der Waals surface area contributed by atoms with Crippen molar-refractivity contribution in [3.05, 3.63) is 0 Å². The van der Waals surface area contributed by atoms with Crippen molar-refractivity contribution in [2.24, 2.45) is 0 Å². The average Bonchev–Trinajstić information content (AvgIpc) is 2.74. The molecule has 3 atom stereocenters. The van der Waals surface area contributed by atoms with Crippen molar-refractivity contribution in [1.29, 1.82) is 0 Å². The molecular weight excluding hydrogens is 179 g/mol. The lowest BCUT2D eigenvalue weighted by Crippen LogP contribution is -2.43. The largest absolute Gasteiger partial charge is 0.730 e. The first kappa shape index (κ1) is 9.38. The van der Waals surface area contributed by atoms with E-state index in [0.717, 1.165) is 0 Å². The van der Waals surface area contributed by atoms with Crippen LogP contribution in [0.25, 0.3) is 0 Å². The molecule has 13 heavy (non-hydrogen) atoms. The summed E-state index contributed by atoms with van der Waals surface area (Å²) < 4.78 is 19.8. The highest BCUT2D eigenvalue weighted by atomic mass is 16.9. The second kappa shape index (κ2) is 3.53. The monoisotopic (exact) mass is 192 g/mol. The lowest BCUT2D eigenvalue weighted by molar-refractivity contribution is 0.00432. The quantitative estimate of drug-likeness (QED) is 0.381. The predicted octanol–water partition coefficient (Wildman–Crippen LogP) is -2.25. The highest BCUT2D eigenvalue weighted by Gasteiger charge is 2.55. The standard InChI is InChI=1S/C6H13BO6/c8-1-5-3-10-7(12-5)11-4-6(2-9)13-7/h5-6,8-10H,1-4H2. The molecule has 0 amide bonds. The molecule has 2 rings (SSSR count). The third kappa shape index (κ3) is 1.71. The lowest BCUT2D eigenvalue weighted by atomic mass is 10.1. The van der Waals surface area contributed by atoms with Crippen LogP contribution < -0.4 is 0 Å². The Balaban J connectivity index is 1.93. The molecule has 76 valence electrons. The minimum absolute atomic E-state index is 0.0937. The Labute approximate surface area is 75.4 Å². The molecule has 0 radical (unpaired) electrons. The molecule has 0 aromatic rings. The first-order chi connectivity index (χ1) is 6.28. The topological polar surface area (TPSA) is 81.0 Å². The lowest BCUT2D eigenvalue weighted by Gasteiger charge is -2.20. The van der Waals surface area contributed by atoms with Crippen LogP contribution in [0.1, 0.15) is 0 Å². The second-order valence-corrected chi connectivity index (χ2v) is 3.18. The maximum absolute atomic E-state index is 8.80. The van der Waals surface area contributed by atoms with E-state index in [0.29, 0.717) is 6.61 Å². The van der Waals surface area contributed by atoms with E-state index in [2.05, 4.69) is 4.65 Å². The van der Waals surface area contributed by atoms with E-state index < -0.39 is 6.96 Å². The Bertz CT molecular complexity index is 168. The number of aliphatic hydroxyl groups excluding tert-OH is 2. The van der Waals surface area contributed by atoms with Gasteiger partial charge in [-0.2, -0.15) is 0 Å². The number of aliphatic hydroxyl groups is 3. The molecule has 0 aromatic carbocycles. The third-order valence-corrected chi connectivity index (χ3v) is 2.16. The maximum Gasteiger partial charge on any atom is 0.730 e. The molecule has 2 fully saturated rings. The van der Waals surface area contributed by atoms with Crippen molar-refractivity contribution >= 4 is 6.96 Å². The van der Waals surface area contributed by atoms with Gasteiger partial charge in [0.25, 0.3) is 0 Å². The molecule has 2 aliphatic rings. The van der Waals surface area contributed by atoms with Gasteiger partial charge in [0.05, 0.1) is 19.3 Å². The zero-order chi connectivity index (χ0) is 9.31. The van der Waals surface area contributed by atoms with Crippen molar-refractivity contribution in [1.82, 2.24) is 0 Å². The van der Waals surface area contributed by atoms with Crippen molar-refractivity contribution in [2.75, 3.05) is 26.4 Å². The van der Waals surface area contributed by atoms with Crippen molar-refractivity contribution in [3.8, 4) is 0 Å². The molecule has 1 spiro atoms.